The maximum Gasteiger partial charge on any atom is 0.133 e. The zero-order valence-electron chi connectivity index (χ0n) is 8.41. The van der Waals surface area contributed by atoms with E-state index in [1.54, 1.807) is 6.33 Å². The van der Waals surface area contributed by atoms with Crippen LogP contribution in [0.15, 0.2) is 12.4 Å². The Morgan fingerprint density at radius 1 is 1.38 bits per heavy atom. The third kappa shape index (κ3) is 2.57. The average molecular weight is 180 g/mol. The van der Waals surface area contributed by atoms with Crippen LogP contribution in [0.4, 0.5) is 11.6 Å². The second-order valence-electron chi connectivity index (χ2n) is 2.81. The molecule has 0 amide bonds. The maximum absolute atomic E-state index is 4.17. The van der Waals surface area contributed by atoms with Gasteiger partial charge in [-0.2, -0.15) is 0 Å². The van der Waals surface area contributed by atoms with Crippen molar-refractivity contribution in [2.24, 2.45) is 0 Å². The molecule has 1 aromatic heterocycles. The van der Waals surface area contributed by atoms with Crippen molar-refractivity contribution in [1.29, 1.82) is 0 Å². The van der Waals surface area contributed by atoms with Crippen molar-refractivity contribution in [1.82, 2.24) is 9.97 Å². The SMILES string of the molecule is CCNc1cc(N(C)CC)ncn1. The van der Waals surface area contributed by atoms with Crippen LogP contribution in [0.5, 0.6) is 0 Å². The number of rotatable bonds is 4. The van der Waals surface area contributed by atoms with Gasteiger partial charge in [0.2, 0.25) is 0 Å². The van der Waals surface area contributed by atoms with E-state index in [-0.39, 0.29) is 0 Å². The second kappa shape index (κ2) is 4.64. The second-order valence-corrected chi connectivity index (χ2v) is 2.81. The number of hydrogen-bond donors (Lipinski definition) is 1. The largest absolute Gasteiger partial charge is 0.370 e. The molecule has 4 heteroatoms. The van der Waals surface area contributed by atoms with Crippen LogP contribution in [0.2, 0.25) is 0 Å². The summed E-state index contributed by atoms with van der Waals surface area (Å²) in [5.74, 6) is 1.83. The molecule has 0 bridgehead atoms. The molecule has 0 aliphatic heterocycles. The lowest BCUT2D eigenvalue weighted by atomic mass is 10.4. The van der Waals surface area contributed by atoms with Gasteiger partial charge in [-0.15, -0.1) is 0 Å². The van der Waals surface area contributed by atoms with Crippen LogP contribution in [0, 0.1) is 0 Å². The maximum atomic E-state index is 4.17. The first-order valence-corrected chi connectivity index (χ1v) is 4.55. The van der Waals surface area contributed by atoms with Gasteiger partial charge in [-0.05, 0) is 13.8 Å². The van der Waals surface area contributed by atoms with Crippen LogP contribution >= 0.6 is 0 Å². The molecule has 0 unspecified atom stereocenters. The van der Waals surface area contributed by atoms with Gasteiger partial charge in [-0.1, -0.05) is 0 Å². The molecule has 0 radical (unpaired) electrons. The van der Waals surface area contributed by atoms with Crippen molar-refractivity contribution in [2.75, 3.05) is 30.4 Å². The Morgan fingerprint density at radius 3 is 2.77 bits per heavy atom. The highest BCUT2D eigenvalue weighted by Crippen LogP contribution is 2.11. The molecule has 1 rings (SSSR count). The third-order valence-electron chi connectivity index (χ3n) is 1.88. The molecule has 0 spiro atoms. The number of nitrogens with one attached hydrogen (secondary N) is 1. The quantitative estimate of drug-likeness (QED) is 0.759. The van der Waals surface area contributed by atoms with Crippen molar-refractivity contribution in [3.8, 4) is 0 Å². The topological polar surface area (TPSA) is 41.0 Å². The fourth-order valence-corrected chi connectivity index (χ4v) is 0.996. The summed E-state index contributed by atoms with van der Waals surface area (Å²) in [5, 5.41) is 3.15. The Morgan fingerprint density at radius 2 is 2.15 bits per heavy atom. The lowest BCUT2D eigenvalue weighted by molar-refractivity contribution is 0.928. The van der Waals surface area contributed by atoms with Crippen molar-refractivity contribution in [2.45, 2.75) is 13.8 Å². The molecule has 0 aliphatic carbocycles. The van der Waals surface area contributed by atoms with Gasteiger partial charge in [-0.3, -0.25) is 0 Å². The molecule has 4 nitrogen and oxygen atoms in total. The molecule has 0 saturated heterocycles. The van der Waals surface area contributed by atoms with E-state index in [4.69, 9.17) is 0 Å². The standard InChI is InChI=1S/C9H16N4/c1-4-10-8-6-9(12-7-11-8)13(3)5-2/h6-7H,4-5H2,1-3H3,(H,10,11,12). The molecule has 0 aliphatic rings. The molecule has 0 saturated carbocycles. The van der Waals surface area contributed by atoms with E-state index in [1.165, 1.54) is 0 Å². The molecule has 13 heavy (non-hydrogen) atoms. The van der Waals surface area contributed by atoms with Crippen LogP contribution in [0.25, 0.3) is 0 Å². The number of hydrogen-bond acceptors (Lipinski definition) is 4. The zero-order valence-corrected chi connectivity index (χ0v) is 8.41. The summed E-state index contributed by atoms with van der Waals surface area (Å²) in [6.07, 6.45) is 1.58. The van der Waals surface area contributed by atoms with Crippen molar-refractivity contribution in [3.05, 3.63) is 12.4 Å². The summed E-state index contributed by atoms with van der Waals surface area (Å²) >= 11 is 0. The Bertz CT molecular complexity index is 262. The molecule has 0 atom stereocenters. The Hall–Kier alpha value is -1.32. The minimum atomic E-state index is 0.881. The fraction of sp³-hybridized carbons (Fsp3) is 0.556. The highest BCUT2D eigenvalue weighted by Gasteiger charge is 2.00. The van der Waals surface area contributed by atoms with Gasteiger partial charge >= 0.3 is 0 Å². The molecule has 0 aromatic carbocycles. The van der Waals surface area contributed by atoms with Crippen LogP contribution in [0.3, 0.4) is 0 Å². The van der Waals surface area contributed by atoms with E-state index in [9.17, 15) is 0 Å². The van der Waals surface area contributed by atoms with Gasteiger partial charge < -0.3 is 10.2 Å². The number of nitrogens with zero attached hydrogens (tertiary/aromatic N) is 3. The molecular formula is C9H16N4. The van der Waals surface area contributed by atoms with Gasteiger partial charge in [0.1, 0.15) is 18.0 Å². The highest BCUT2D eigenvalue weighted by atomic mass is 15.2. The van der Waals surface area contributed by atoms with Crippen molar-refractivity contribution in [3.63, 3.8) is 0 Å². The molecule has 1 aromatic rings. The van der Waals surface area contributed by atoms with Crippen molar-refractivity contribution >= 4 is 11.6 Å². The summed E-state index contributed by atoms with van der Waals surface area (Å²) in [6.45, 7) is 5.97. The molecule has 1 heterocycles. The molecule has 1 N–H and O–H groups in total. The average Bonchev–Trinajstić information content (AvgIpc) is 2.18. The van der Waals surface area contributed by atoms with E-state index in [1.807, 2.05) is 20.0 Å². The predicted octanol–water partition coefficient (Wildman–Crippen LogP) is 1.36. The predicted molar refractivity (Wildman–Crippen MR) is 55.1 cm³/mol. The highest BCUT2D eigenvalue weighted by molar-refractivity contribution is 5.47. The van der Waals surface area contributed by atoms with Crippen LogP contribution in [-0.4, -0.2) is 30.1 Å². The number of anilines is 2. The number of aromatic nitrogens is 2. The monoisotopic (exact) mass is 180 g/mol. The Labute approximate surface area is 79.0 Å². The molecular weight excluding hydrogens is 164 g/mol. The first kappa shape index (κ1) is 9.77. The van der Waals surface area contributed by atoms with Gasteiger partial charge in [-0.25, -0.2) is 9.97 Å². The summed E-state index contributed by atoms with van der Waals surface area (Å²) < 4.78 is 0. The van der Waals surface area contributed by atoms with Gasteiger partial charge in [0, 0.05) is 26.2 Å². The Kier molecular flexibility index (Phi) is 3.49. The van der Waals surface area contributed by atoms with E-state index in [2.05, 4.69) is 27.1 Å². The van der Waals surface area contributed by atoms with E-state index >= 15 is 0 Å². The lowest BCUT2D eigenvalue weighted by Crippen LogP contribution is -2.17. The van der Waals surface area contributed by atoms with E-state index in [0.717, 1.165) is 24.7 Å². The fourth-order valence-electron chi connectivity index (χ4n) is 0.996. The van der Waals surface area contributed by atoms with Gasteiger partial charge in [0.15, 0.2) is 0 Å². The van der Waals surface area contributed by atoms with Gasteiger partial charge in [0.25, 0.3) is 0 Å². The first-order valence-electron chi connectivity index (χ1n) is 4.55. The summed E-state index contributed by atoms with van der Waals surface area (Å²) in [6, 6.07) is 1.95. The summed E-state index contributed by atoms with van der Waals surface area (Å²) in [4.78, 5) is 10.3. The first-order chi connectivity index (χ1) is 6.27. The lowest BCUT2D eigenvalue weighted by Gasteiger charge is -2.15. The van der Waals surface area contributed by atoms with Crippen LogP contribution in [-0.2, 0) is 0 Å². The van der Waals surface area contributed by atoms with E-state index in [0.29, 0.717) is 0 Å². The summed E-state index contributed by atoms with van der Waals surface area (Å²) in [5.41, 5.74) is 0. The van der Waals surface area contributed by atoms with E-state index < -0.39 is 0 Å². The Balaban J connectivity index is 2.78. The smallest absolute Gasteiger partial charge is 0.133 e. The van der Waals surface area contributed by atoms with Crippen molar-refractivity contribution < 1.29 is 0 Å². The molecule has 0 fully saturated rings. The minimum Gasteiger partial charge on any atom is -0.370 e. The van der Waals surface area contributed by atoms with Crippen LogP contribution in [0.1, 0.15) is 13.8 Å². The third-order valence-corrected chi connectivity index (χ3v) is 1.88. The zero-order chi connectivity index (χ0) is 9.68. The van der Waals surface area contributed by atoms with Gasteiger partial charge in [0.05, 0.1) is 0 Å². The van der Waals surface area contributed by atoms with Crippen LogP contribution < -0.4 is 10.2 Å². The molecule has 72 valence electrons. The summed E-state index contributed by atoms with van der Waals surface area (Å²) in [7, 11) is 2.01. The normalized spacial score (nSPS) is 9.77. The minimum absolute atomic E-state index is 0.881.